The average Bonchev–Trinajstić information content (AvgIpc) is 3.36. The summed E-state index contributed by atoms with van der Waals surface area (Å²) in [5.74, 6) is 0.524. The number of nitrogens with zero attached hydrogens (tertiary/aromatic N) is 7. The zero-order chi connectivity index (χ0) is 28.2. The first kappa shape index (κ1) is 26.4. The van der Waals surface area contributed by atoms with Gasteiger partial charge >= 0.3 is 0 Å². The number of allylic oxidation sites excluding steroid dienone is 2. The molecule has 0 unspecified atom stereocenters. The minimum absolute atomic E-state index is 0.260. The van der Waals surface area contributed by atoms with Crippen LogP contribution in [-0.4, -0.2) is 70.7 Å². The molecule has 11 nitrogen and oxygen atoms in total. The highest BCUT2D eigenvalue weighted by atomic mass is 16.5. The van der Waals surface area contributed by atoms with E-state index < -0.39 is 0 Å². The smallest absolute Gasteiger partial charge is 0.248 e. The third-order valence-electron chi connectivity index (χ3n) is 6.73. The fraction of sp³-hybridized carbons (Fsp3) is 0.207. The van der Waals surface area contributed by atoms with Crippen molar-refractivity contribution >= 4 is 34.4 Å². The van der Waals surface area contributed by atoms with Gasteiger partial charge < -0.3 is 25.2 Å². The number of hydrogen-bond acceptors (Lipinski definition) is 9. The van der Waals surface area contributed by atoms with Crippen LogP contribution < -0.4 is 20.3 Å². The Labute approximate surface area is 232 Å². The van der Waals surface area contributed by atoms with Crippen LogP contribution in [0.1, 0.15) is 5.56 Å². The first-order valence-corrected chi connectivity index (χ1v) is 12.6. The molecule has 0 spiro atoms. The Morgan fingerprint density at radius 3 is 2.80 bits per heavy atom. The van der Waals surface area contributed by atoms with Crippen molar-refractivity contribution in [2.24, 2.45) is 0 Å². The van der Waals surface area contributed by atoms with Gasteiger partial charge in [-0.25, -0.2) is 14.5 Å². The number of methoxy groups -OCH3 is 1. The van der Waals surface area contributed by atoms with Crippen LogP contribution in [0.2, 0.25) is 0 Å². The van der Waals surface area contributed by atoms with Gasteiger partial charge in [-0.05, 0) is 32.3 Å². The predicted molar refractivity (Wildman–Crippen MR) is 155 cm³/mol. The number of likely N-dealkylation sites (N-methyl/N-ethyl adjacent to an activating group) is 1. The summed E-state index contributed by atoms with van der Waals surface area (Å²) in [5.41, 5.74) is 4.30. The van der Waals surface area contributed by atoms with E-state index in [2.05, 4.69) is 62.2 Å². The molecule has 4 heterocycles. The maximum atomic E-state index is 12.6. The number of nitrogens with one attached hydrogen (secondary N) is 2. The first-order chi connectivity index (χ1) is 19.4. The molecule has 1 aromatic carbocycles. The van der Waals surface area contributed by atoms with E-state index >= 15 is 0 Å². The van der Waals surface area contributed by atoms with E-state index in [0.29, 0.717) is 40.0 Å². The van der Waals surface area contributed by atoms with Crippen LogP contribution in [0.15, 0.2) is 73.7 Å². The highest BCUT2D eigenvalue weighted by molar-refractivity contribution is 6.02. The number of ether oxygens (including phenoxy) is 1. The summed E-state index contributed by atoms with van der Waals surface area (Å²) in [5, 5.41) is 20.3. The van der Waals surface area contributed by atoms with Crippen molar-refractivity contribution in [2.75, 3.05) is 49.8 Å². The second-order valence-corrected chi connectivity index (χ2v) is 9.46. The number of anilines is 4. The molecule has 11 heteroatoms. The van der Waals surface area contributed by atoms with Gasteiger partial charge in [-0.3, -0.25) is 4.79 Å². The molecular formula is C29H29N9O2. The molecule has 1 aliphatic rings. The van der Waals surface area contributed by atoms with Crippen LogP contribution in [0.4, 0.5) is 23.0 Å². The SMILES string of the molecule is C=C/C=C\C(=O)Nc1cc(Nc2ncc(C#N)c(-c3cnn4ccccc34)n2)c(OC)cc1N1CC(N(C)C)C1. The van der Waals surface area contributed by atoms with Gasteiger partial charge in [0.05, 0.1) is 53.3 Å². The Kier molecular flexibility index (Phi) is 7.43. The van der Waals surface area contributed by atoms with E-state index in [-0.39, 0.29) is 11.9 Å². The topological polar surface area (TPSA) is 124 Å². The lowest BCUT2D eigenvalue weighted by Gasteiger charge is -2.45. The van der Waals surface area contributed by atoms with Crippen molar-refractivity contribution in [2.45, 2.75) is 6.04 Å². The third kappa shape index (κ3) is 5.21. The summed E-state index contributed by atoms with van der Waals surface area (Å²) in [6.07, 6.45) is 9.52. The molecule has 1 aliphatic heterocycles. The molecule has 0 saturated carbocycles. The van der Waals surface area contributed by atoms with E-state index in [4.69, 9.17) is 4.74 Å². The van der Waals surface area contributed by atoms with E-state index in [1.54, 1.807) is 36.0 Å². The number of nitriles is 1. The van der Waals surface area contributed by atoms with Crippen molar-refractivity contribution in [3.05, 3.63) is 79.3 Å². The molecule has 0 aliphatic carbocycles. The molecule has 4 aromatic rings. The van der Waals surface area contributed by atoms with Gasteiger partial charge in [0.25, 0.3) is 0 Å². The lowest BCUT2D eigenvalue weighted by atomic mass is 10.0. The first-order valence-electron chi connectivity index (χ1n) is 12.6. The number of pyridine rings is 1. The zero-order valence-electron chi connectivity index (χ0n) is 22.5. The molecule has 1 amide bonds. The van der Waals surface area contributed by atoms with Crippen molar-refractivity contribution < 1.29 is 9.53 Å². The van der Waals surface area contributed by atoms with Crippen LogP contribution >= 0.6 is 0 Å². The van der Waals surface area contributed by atoms with Gasteiger partial charge in [-0.1, -0.05) is 24.8 Å². The maximum absolute atomic E-state index is 12.6. The Bertz CT molecular complexity index is 1650. The third-order valence-corrected chi connectivity index (χ3v) is 6.73. The predicted octanol–water partition coefficient (Wildman–Crippen LogP) is 3.85. The van der Waals surface area contributed by atoms with Crippen LogP contribution in [0.5, 0.6) is 5.75 Å². The number of amides is 1. The number of fused-ring (bicyclic) bond motifs is 1. The highest BCUT2D eigenvalue weighted by Crippen LogP contribution is 2.40. The quantitative estimate of drug-likeness (QED) is 0.243. The van der Waals surface area contributed by atoms with E-state index in [0.717, 1.165) is 24.3 Å². The largest absolute Gasteiger partial charge is 0.494 e. The highest BCUT2D eigenvalue weighted by Gasteiger charge is 2.31. The molecule has 1 fully saturated rings. The molecule has 5 rings (SSSR count). The number of rotatable bonds is 9. The van der Waals surface area contributed by atoms with Crippen molar-refractivity contribution in [1.82, 2.24) is 24.5 Å². The Morgan fingerprint density at radius 1 is 1.25 bits per heavy atom. The normalized spacial score (nSPS) is 13.3. The number of carbonyl (C=O) groups is 1. The molecule has 0 atom stereocenters. The number of hydrogen-bond donors (Lipinski definition) is 2. The van der Waals surface area contributed by atoms with E-state index in [1.165, 1.54) is 12.3 Å². The molecular weight excluding hydrogens is 506 g/mol. The molecule has 0 radical (unpaired) electrons. The fourth-order valence-corrected chi connectivity index (χ4v) is 4.47. The van der Waals surface area contributed by atoms with Crippen molar-refractivity contribution in [3.8, 4) is 23.1 Å². The number of carbonyl (C=O) groups excluding carboxylic acids is 1. The van der Waals surface area contributed by atoms with Gasteiger partial charge in [0.2, 0.25) is 11.9 Å². The van der Waals surface area contributed by atoms with Gasteiger partial charge in [-0.15, -0.1) is 0 Å². The monoisotopic (exact) mass is 535 g/mol. The lowest BCUT2D eigenvalue weighted by molar-refractivity contribution is -0.111. The summed E-state index contributed by atoms with van der Waals surface area (Å²) in [4.78, 5) is 26.0. The minimum Gasteiger partial charge on any atom is -0.494 e. The van der Waals surface area contributed by atoms with Crippen LogP contribution in [-0.2, 0) is 4.79 Å². The Morgan fingerprint density at radius 2 is 2.08 bits per heavy atom. The Balaban J connectivity index is 1.52. The van der Waals surface area contributed by atoms with Crippen LogP contribution in [0.3, 0.4) is 0 Å². The second kappa shape index (κ2) is 11.3. The van der Waals surface area contributed by atoms with Gasteiger partial charge in [0.15, 0.2) is 0 Å². The molecule has 40 heavy (non-hydrogen) atoms. The van der Waals surface area contributed by atoms with Crippen LogP contribution in [0, 0.1) is 11.3 Å². The molecule has 3 aromatic heterocycles. The van der Waals surface area contributed by atoms with Gasteiger partial charge in [0.1, 0.15) is 11.8 Å². The number of aromatic nitrogens is 4. The minimum atomic E-state index is -0.285. The zero-order valence-corrected chi connectivity index (χ0v) is 22.5. The molecule has 0 bridgehead atoms. The molecule has 1 saturated heterocycles. The standard InChI is InChI=1S/C29H29N9O2/c1-5-6-10-27(39)33-22-12-23(26(40-4)13-25(22)37-17-20(18-37)36(2)3)34-29-31-15-19(14-30)28(35-29)21-16-32-38-11-8-7-9-24(21)38/h5-13,15-16,20H,1,17-18H2,2-4H3,(H,33,39)(H,31,34,35)/b10-6-. The van der Waals surface area contributed by atoms with E-state index in [9.17, 15) is 10.1 Å². The summed E-state index contributed by atoms with van der Waals surface area (Å²) in [6, 6.07) is 12.0. The number of benzene rings is 1. The lowest BCUT2D eigenvalue weighted by Crippen LogP contribution is -2.57. The average molecular weight is 536 g/mol. The van der Waals surface area contributed by atoms with Gasteiger partial charge in [0, 0.05) is 43.0 Å². The molecule has 2 N–H and O–H groups in total. The summed E-state index contributed by atoms with van der Waals surface area (Å²) >= 11 is 0. The summed E-state index contributed by atoms with van der Waals surface area (Å²) in [7, 11) is 5.69. The van der Waals surface area contributed by atoms with E-state index in [1.807, 2.05) is 30.5 Å². The summed E-state index contributed by atoms with van der Waals surface area (Å²) in [6.45, 7) is 5.26. The van der Waals surface area contributed by atoms with Crippen molar-refractivity contribution in [3.63, 3.8) is 0 Å². The Hall–Kier alpha value is -5.21. The summed E-state index contributed by atoms with van der Waals surface area (Å²) < 4.78 is 7.44. The van der Waals surface area contributed by atoms with Gasteiger partial charge in [-0.2, -0.15) is 10.4 Å². The second-order valence-electron chi connectivity index (χ2n) is 9.46. The van der Waals surface area contributed by atoms with Crippen molar-refractivity contribution in [1.29, 1.82) is 5.26 Å². The fourth-order valence-electron chi connectivity index (χ4n) is 4.47. The maximum Gasteiger partial charge on any atom is 0.248 e. The van der Waals surface area contributed by atoms with Crippen LogP contribution in [0.25, 0.3) is 16.8 Å². The molecule has 202 valence electrons.